The van der Waals surface area contributed by atoms with E-state index in [1.165, 1.54) is 0 Å². The number of nitrogens with zero attached hydrogens (tertiary/aromatic N) is 3. The van der Waals surface area contributed by atoms with E-state index in [-0.39, 0.29) is 5.91 Å². The molecule has 1 atom stereocenters. The Morgan fingerprint density at radius 2 is 2.10 bits per heavy atom. The molecule has 1 aromatic heterocycles. The summed E-state index contributed by atoms with van der Waals surface area (Å²) in [5, 5.41) is 1.13. The van der Waals surface area contributed by atoms with E-state index >= 15 is 0 Å². The Morgan fingerprint density at radius 1 is 1.38 bits per heavy atom. The van der Waals surface area contributed by atoms with Crippen molar-refractivity contribution in [3.63, 3.8) is 0 Å². The number of ether oxygens (including phenoxy) is 1. The molecule has 0 saturated carbocycles. The molecule has 1 aliphatic rings. The molecule has 1 aliphatic heterocycles. The molecule has 0 spiro atoms. The Labute approximate surface area is 127 Å². The second kappa shape index (κ2) is 4.64. The van der Waals surface area contributed by atoms with Crippen molar-refractivity contribution in [1.82, 2.24) is 9.97 Å². The van der Waals surface area contributed by atoms with Gasteiger partial charge in [-0.15, -0.1) is 0 Å². The van der Waals surface area contributed by atoms with Gasteiger partial charge >= 0.3 is 0 Å². The fourth-order valence-corrected chi connectivity index (χ4v) is 3.14. The van der Waals surface area contributed by atoms with Crippen LogP contribution in [-0.2, 0) is 15.1 Å². The standard InChI is InChI=1S/C15H16ClN3O2/c1-5-21-15(3)10-7-11-9(13(16)18-8(2)17-11)6-12(10)19(4)14(15)20/h6-7H,5H2,1-4H3. The van der Waals surface area contributed by atoms with Gasteiger partial charge in [0.2, 0.25) is 0 Å². The molecule has 6 heteroatoms. The van der Waals surface area contributed by atoms with Gasteiger partial charge in [0.05, 0.1) is 11.2 Å². The van der Waals surface area contributed by atoms with E-state index in [9.17, 15) is 4.79 Å². The zero-order valence-corrected chi connectivity index (χ0v) is 13.2. The first-order chi connectivity index (χ1) is 9.88. The van der Waals surface area contributed by atoms with Crippen LogP contribution in [0.1, 0.15) is 25.2 Å². The van der Waals surface area contributed by atoms with Gasteiger partial charge in [-0.3, -0.25) is 4.79 Å². The highest BCUT2D eigenvalue weighted by atomic mass is 35.5. The molecule has 0 aliphatic carbocycles. The number of carbonyl (C=O) groups is 1. The number of carbonyl (C=O) groups excluding carboxylic acids is 1. The summed E-state index contributed by atoms with van der Waals surface area (Å²) < 4.78 is 5.74. The number of likely N-dealkylation sites (N-methyl/N-ethyl adjacent to an activating group) is 1. The summed E-state index contributed by atoms with van der Waals surface area (Å²) in [4.78, 5) is 22.7. The predicted octanol–water partition coefficient (Wildman–Crippen LogP) is 2.82. The number of aromatic nitrogens is 2. The van der Waals surface area contributed by atoms with E-state index < -0.39 is 5.60 Å². The lowest BCUT2D eigenvalue weighted by atomic mass is 9.96. The molecule has 5 nitrogen and oxygen atoms in total. The second-order valence-corrected chi connectivity index (χ2v) is 5.64. The van der Waals surface area contributed by atoms with Crippen molar-refractivity contribution in [3.8, 4) is 0 Å². The molecule has 1 unspecified atom stereocenters. The molecule has 110 valence electrons. The van der Waals surface area contributed by atoms with Gasteiger partial charge in [-0.2, -0.15) is 0 Å². The maximum Gasteiger partial charge on any atom is 0.263 e. The maximum atomic E-state index is 12.5. The first-order valence-corrected chi connectivity index (χ1v) is 7.16. The van der Waals surface area contributed by atoms with Gasteiger partial charge in [-0.1, -0.05) is 11.6 Å². The summed E-state index contributed by atoms with van der Waals surface area (Å²) in [6.07, 6.45) is 0. The van der Waals surface area contributed by atoms with Crippen molar-refractivity contribution in [1.29, 1.82) is 0 Å². The van der Waals surface area contributed by atoms with E-state index in [4.69, 9.17) is 16.3 Å². The van der Waals surface area contributed by atoms with Gasteiger partial charge in [-0.25, -0.2) is 9.97 Å². The summed E-state index contributed by atoms with van der Waals surface area (Å²) in [6.45, 7) is 5.91. The SMILES string of the molecule is CCOC1(C)C(=O)N(C)c2cc3c(Cl)nc(C)nc3cc21. The van der Waals surface area contributed by atoms with E-state index in [0.717, 1.165) is 22.2 Å². The highest BCUT2D eigenvalue weighted by Gasteiger charge is 2.47. The Hall–Kier alpha value is -1.72. The first-order valence-electron chi connectivity index (χ1n) is 6.79. The normalized spacial score (nSPS) is 21.2. The van der Waals surface area contributed by atoms with Crippen molar-refractivity contribution in [2.24, 2.45) is 0 Å². The fourth-order valence-electron chi connectivity index (χ4n) is 2.87. The minimum atomic E-state index is -0.974. The summed E-state index contributed by atoms with van der Waals surface area (Å²) in [7, 11) is 1.74. The number of fused-ring (bicyclic) bond motifs is 2. The summed E-state index contributed by atoms with van der Waals surface area (Å²) >= 11 is 6.19. The number of hydrogen-bond acceptors (Lipinski definition) is 4. The lowest BCUT2D eigenvalue weighted by Crippen LogP contribution is -2.38. The minimum absolute atomic E-state index is 0.0875. The number of aryl methyl sites for hydroxylation is 1. The van der Waals surface area contributed by atoms with Crippen molar-refractivity contribution in [2.75, 3.05) is 18.6 Å². The van der Waals surface area contributed by atoms with Crippen LogP contribution >= 0.6 is 11.6 Å². The Kier molecular flexibility index (Phi) is 3.15. The molecule has 0 radical (unpaired) electrons. The maximum absolute atomic E-state index is 12.5. The topological polar surface area (TPSA) is 55.3 Å². The number of benzene rings is 1. The van der Waals surface area contributed by atoms with Crippen LogP contribution in [0, 0.1) is 6.92 Å². The molecule has 2 aromatic rings. The second-order valence-electron chi connectivity index (χ2n) is 5.28. The minimum Gasteiger partial charge on any atom is -0.361 e. The van der Waals surface area contributed by atoms with Crippen LogP contribution in [-0.4, -0.2) is 29.5 Å². The smallest absolute Gasteiger partial charge is 0.263 e. The zero-order valence-electron chi connectivity index (χ0n) is 12.4. The number of rotatable bonds is 2. The quantitative estimate of drug-likeness (QED) is 0.801. The summed E-state index contributed by atoms with van der Waals surface area (Å²) in [5.41, 5.74) is 1.36. The Bertz CT molecular complexity index is 762. The number of halogens is 1. The van der Waals surface area contributed by atoms with Crippen molar-refractivity contribution < 1.29 is 9.53 Å². The van der Waals surface area contributed by atoms with Crippen molar-refractivity contribution in [2.45, 2.75) is 26.4 Å². The van der Waals surface area contributed by atoms with Crippen LogP contribution in [0.25, 0.3) is 10.9 Å². The fraction of sp³-hybridized carbons (Fsp3) is 0.400. The van der Waals surface area contributed by atoms with Crippen LogP contribution in [0.15, 0.2) is 12.1 Å². The number of amides is 1. The van der Waals surface area contributed by atoms with Gasteiger partial charge in [0, 0.05) is 24.6 Å². The lowest BCUT2D eigenvalue weighted by molar-refractivity contribution is -0.140. The highest BCUT2D eigenvalue weighted by molar-refractivity contribution is 6.34. The summed E-state index contributed by atoms with van der Waals surface area (Å²) in [5.74, 6) is 0.513. The molecular weight excluding hydrogens is 290 g/mol. The lowest BCUT2D eigenvalue weighted by Gasteiger charge is -2.23. The largest absolute Gasteiger partial charge is 0.361 e. The molecule has 0 fully saturated rings. The molecule has 0 bridgehead atoms. The third kappa shape index (κ3) is 1.92. The molecule has 1 amide bonds. The first kappa shape index (κ1) is 14.2. The molecule has 0 saturated heterocycles. The summed E-state index contributed by atoms with van der Waals surface area (Å²) in [6, 6.07) is 3.73. The molecule has 1 aromatic carbocycles. The third-order valence-corrected chi connectivity index (χ3v) is 4.19. The molecule has 3 rings (SSSR count). The van der Waals surface area contributed by atoms with Crippen LogP contribution < -0.4 is 4.90 Å². The van der Waals surface area contributed by atoms with E-state index in [1.807, 2.05) is 19.1 Å². The van der Waals surface area contributed by atoms with E-state index in [0.29, 0.717) is 17.6 Å². The molecular formula is C15H16ClN3O2. The van der Waals surface area contributed by atoms with Crippen LogP contribution in [0.3, 0.4) is 0 Å². The van der Waals surface area contributed by atoms with Gasteiger partial charge < -0.3 is 9.64 Å². The van der Waals surface area contributed by atoms with E-state index in [2.05, 4.69) is 9.97 Å². The Morgan fingerprint density at radius 3 is 2.76 bits per heavy atom. The average molecular weight is 306 g/mol. The molecule has 0 N–H and O–H groups in total. The van der Waals surface area contributed by atoms with Crippen molar-refractivity contribution in [3.05, 3.63) is 28.7 Å². The van der Waals surface area contributed by atoms with Crippen LogP contribution in [0.4, 0.5) is 5.69 Å². The van der Waals surface area contributed by atoms with Gasteiger partial charge in [0.15, 0.2) is 5.60 Å². The monoisotopic (exact) mass is 305 g/mol. The van der Waals surface area contributed by atoms with Gasteiger partial charge in [0.1, 0.15) is 11.0 Å². The molecule has 2 heterocycles. The van der Waals surface area contributed by atoms with Crippen LogP contribution in [0.2, 0.25) is 5.15 Å². The zero-order chi connectivity index (χ0) is 15.4. The highest BCUT2D eigenvalue weighted by Crippen LogP contribution is 2.44. The Balaban J connectivity index is 2.33. The number of hydrogen-bond donors (Lipinski definition) is 0. The molecule has 21 heavy (non-hydrogen) atoms. The van der Waals surface area contributed by atoms with Crippen LogP contribution in [0.5, 0.6) is 0 Å². The third-order valence-electron chi connectivity index (χ3n) is 3.90. The van der Waals surface area contributed by atoms with Gasteiger partial charge in [0.25, 0.3) is 5.91 Å². The number of anilines is 1. The van der Waals surface area contributed by atoms with Gasteiger partial charge in [-0.05, 0) is 32.9 Å². The average Bonchev–Trinajstić information content (AvgIpc) is 2.60. The van der Waals surface area contributed by atoms with E-state index in [1.54, 1.807) is 25.8 Å². The van der Waals surface area contributed by atoms with Crippen molar-refractivity contribution >= 4 is 34.1 Å². The predicted molar refractivity (Wildman–Crippen MR) is 81.7 cm³/mol.